The van der Waals surface area contributed by atoms with Crippen molar-refractivity contribution in [3.8, 4) is 5.75 Å². The number of aromatic hydroxyl groups is 1. The van der Waals surface area contributed by atoms with Crippen molar-refractivity contribution in [3.05, 3.63) is 53.1 Å². The van der Waals surface area contributed by atoms with Crippen LogP contribution in [0.3, 0.4) is 0 Å². The number of nitrogens with one attached hydrogen (secondary N) is 1. The average Bonchev–Trinajstić information content (AvgIpc) is 2.95. The number of carbonyl (C=O) groups excluding carboxylic acids is 1. The van der Waals surface area contributed by atoms with E-state index in [1.54, 1.807) is 0 Å². The van der Waals surface area contributed by atoms with E-state index >= 15 is 0 Å². The summed E-state index contributed by atoms with van der Waals surface area (Å²) in [4.78, 5) is 12.0. The molecule has 0 aliphatic heterocycles. The highest BCUT2D eigenvalue weighted by atomic mass is 35.5. The normalized spacial score (nSPS) is 17.9. The molecule has 1 aliphatic rings. The van der Waals surface area contributed by atoms with Gasteiger partial charge in [-0.05, 0) is 55.3 Å². The number of phenolic OH excluding ortho intramolecular Hbond substituents is 1. The Hall–Kier alpha value is -2.05. The van der Waals surface area contributed by atoms with Gasteiger partial charge < -0.3 is 5.11 Å². The van der Waals surface area contributed by atoms with Gasteiger partial charge in [0.2, 0.25) is 0 Å². The molecule has 0 radical (unpaired) electrons. The van der Waals surface area contributed by atoms with Crippen molar-refractivity contribution >= 4 is 33.1 Å². The van der Waals surface area contributed by atoms with Crippen molar-refractivity contribution in [2.75, 3.05) is 4.72 Å². The van der Waals surface area contributed by atoms with Crippen LogP contribution in [0, 0.1) is 0 Å². The zero-order chi connectivity index (χ0) is 17.3. The molecule has 1 saturated carbocycles. The number of halogens is 1. The van der Waals surface area contributed by atoms with Crippen LogP contribution in [0.1, 0.15) is 30.7 Å². The van der Waals surface area contributed by atoms with Crippen LogP contribution >= 0.6 is 11.6 Å². The van der Waals surface area contributed by atoms with E-state index in [4.69, 9.17) is 11.6 Å². The van der Waals surface area contributed by atoms with Gasteiger partial charge in [0.05, 0.1) is 4.90 Å². The molecule has 0 amide bonds. The quantitative estimate of drug-likeness (QED) is 0.809. The lowest BCUT2D eigenvalue weighted by molar-refractivity contribution is -0.118. The standard InChI is InChI=1S/C17H16ClNO4S/c18-11-4-7-13(8-5-11)24(22,23)19-12-6-9-17(21)15(10-12)14-2-1-3-16(14)20/h4-10,14,19,21H,1-3H2. The van der Waals surface area contributed by atoms with E-state index < -0.39 is 10.0 Å². The van der Waals surface area contributed by atoms with Crippen LogP contribution < -0.4 is 4.72 Å². The topological polar surface area (TPSA) is 83.5 Å². The second-order valence-corrected chi connectivity index (χ2v) is 7.86. The number of phenols is 1. The Morgan fingerprint density at radius 1 is 1.12 bits per heavy atom. The molecule has 2 N–H and O–H groups in total. The molecule has 0 spiro atoms. The van der Waals surface area contributed by atoms with Gasteiger partial charge in [0, 0.05) is 28.6 Å². The molecule has 126 valence electrons. The summed E-state index contributed by atoms with van der Waals surface area (Å²) in [5, 5.41) is 10.5. The van der Waals surface area contributed by atoms with Crippen LogP contribution in [0.25, 0.3) is 0 Å². The molecule has 0 bridgehead atoms. The summed E-state index contributed by atoms with van der Waals surface area (Å²) < 4.78 is 27.3. The number of hydrogen-bond donors (Lipinski definition) is 2. The van der Waals surface area contributed by atoms with Gasteiger partial charge >= 0.3 is 0 Å². The second-order valence-electron chi connectivity index (χ2n) is 5.74. The highest BCUT2D eigenvalue weighted by Crippen LogP contribution is 2.37. The Morgan fingerprint density at radius 3 is 2.46 bits per heavy atom. The monoisotopic (exact) mass is 365 g/mol. The summed E-state index contributed by atoms with van der Waals surface area (Å²) in [7, 11) is -3.77. The number of ketones is 1. The third-order valence-corrected chi connectivity index (χ3v) is 5.73. The summed E-state index contributed by atoms with van der Waals surface area (Å²) in [6.07, 6.45) is 1.94. The Morgan fingerprint density at radius 2 is 1.83 bits per heavy atom. The summed E-state index contributed by atoms with van der Waals surface area (Å²) in [6, 6.07) is 10.2. The molecule has 1 fully saturated rings. The smallest absolute Gasteiger partial charge is 0.261 e. The number of benzene rings is 2. The Labute approximate surface area is 145 Å². The van der Waals surface area contributed by atoms with Crippen molar-refractivity contribution in [1.82, 2.24) is 0 Å². The van der Waals surface area contributed by atoms with Crippen LogP contribution in [-0.2, 0) is 14.8 Å². The summed E-state index contributed by atoms with van der Waals surface area (Å²) in [5.74, 6) is -0.294. The van der Waals surface area contributed by atoms with Crippen LogP contribution in [0.15, 0.2) is 47.4 Å². The molecule has 0 heterocycles. The SMILES string of the molecule is O=C1CCCC1c1cc(NS(=O)(=O)c2ccc(Cl)cc2)ccc1O. The van der Waals surface area contributed by atoms with Crippen LogP contribution in [0.2, 0.25) is 5.02 Å². The number of carbonyl (C=O) groups is 1. The molecule has 1 unspecified atom stereocenters. The summed E-state index contributed by atoms with van der Waals surface area (Å²) >= 11 is 5.77. The van der Waals surface area contributed by atoms with Crippen LogP contribution in [0.4, 0.5) is 5.69 Å². The Bertz CT molecular complexity index is 878. The molecule has 7 heteroatoms. The van der Waals surface area contributed by atoms with Crippen molar-refractivity contribution in [2.45, 2.75) is 30.1 Å². The van der Waals surface area contributed by atoms with Crippen molar-refractivity contribution in [1.29, 1.82) is 0 Å². The minimum Gasteiger partial charge on any atom is -0.508 e. The van der Waals surface area contributed by atoms with Crippen molar-refractivity contribution in [2.24, 2.45) is 0 Å². The molecule has 5 nitrogen and oxygen atoms in total. The van der Waals surface area contributed by atoms with Gasteiger partial charge in [-0.25, -0.2) is 8.42 Å². The fraction of sp³-hybridized carbons (Fsp3) is 0.235. The van der Waals surface area contributed by atoms with Gasteiger partial charge in [0.1, 0.15) is 11.5 Å². The first-order valence-electron chi connectivity index (χ1n) is 7.51. The first kappa shape index (κ1) is 16.8. The second kappa shape index (κ2) is 6.45. The summed E-state index contributed by atoms with van der Waals surface area (Å²) in [5.41, 5.74) is 0.770. The fourth-order valence-electron chi connectivity index (χ4n) is 2.87. The maximum Gasteiger partial charge on any atom is 0.261 e. The number of Topliss-reactive ketones (excluding diaryl/α,β-unsaturated/α-hetero) is 1. The molecule has 2 aromatic carbocycles. The van der Waals surface area contributed by atoms with Crippen LogP contribution in [0.5, 0.6) is 5.75 Å². The molecular formula is C17H16ClNO4S. The van der Waals surface area contributed by atoms with Crippen molar-refractivity contribution < 1.29 is 18.3 Å². The van der Waals surface area contributed by atoms with Gasteiger partial charge in [-0.3, -0.25) is 9.52 Å². The third-order valence-electron chi connectivity index (χ3n) is 4.08. The number of anilines is 1. The van der Waals surface area contributed by atoms with Crippen molar-refractivity contribution in [3.63, 3.8) is 0 Å². The molecule has 3 rings (SSSR count). The number of rotatable bonds is 4. The molecular weight excluding hydrogens is 350 g/mol. The van der Waals surface area contributed by atoms with E-state index in [9.17, 15) is 18.3 Å². The molecule has 2 aromatic rings. The third kappa shape index (κ3) is 3.39. The van der Waals surface area contributed by atoms with Gasteiger partial charge in [0.15, 0.2) is 0 Å². The first-order valence-corrected chi connectivity index (χ1v) is 9.37. The molecule has 24 heavy (non-hydrogen) atoms. The van der Waals surface area contributed by atoms with Gasteiger partial charge in [-0.1, -0.05) is 11.6 Å². The van der Waals surface area contributed by atoms with E-state index in [1.807, 2.05) is 0 Å². The van der Waals surface area contributed by atoms with Gasteiger partial charge in [-0.15, -0.1) is 0 Å². The lowest BCUT2D eigenvalue weighted by Gasteiger charge is -2.14. The van der Waals surface area contributed by atoms with E-state index in [0.717, 1.165) is 6.42 Å². The van der Waals surface area contributed by atoms with E-state index in [1.165, 1.54) is 42.5 Å². The number of sulfonamides is 1. The van der Waals surface area contributed by atoms with Gasteiger partial charge in [0.25, 0.3) is 10.0 Å². The average molecular weight is 366 g/mol. The maximum absolute atomic E-state index is 12.4. The highest BCUT2D eigenvalue weighted by Gasteiger charge is 2.28. The predicted octanol–water partition coefficient (Wildman–Crippen LogP) is 3.68. The van der Waals surface area contributed by atoms with Crippen LogP contribution in [-0.4, -0.2) is 19.3 Å². The molecule has 1 aliphatic carbocycles. The largest absolute Gasteiger partial charge is 0.508 e. The first-order chi connectivity index (χ1) is 11.4. The number of hydrogen-bond acceptors (Lipinski definition) is 4. The maximum atomic E-state index is 12.4. The predicted molar refractivity (Wildman–Crippen MR) is 92.0 cm³/mol. The minimum absolute atomic E-state index is 0.00434. The lowest BCUT2D eigenvalue weighted by Crippen LogP contribution is -2.13. The minimum atomic E-state index is -3.77. The van der Waals surface area contributed by atoms with E-state index in [-0.39, 0.29) is 22.3 Å². The lowest BCUT2D eigenvalue weighted by atomic mass is 9.95. The molecule has 1 atom stereocenters. The van der Waals surface area contributed by atoms with Gasteiger partial charge in [-0.2, -0.15) is 0 Å². The Balaban J connectivity index is 1.90. The highest BCUT2D eigenvalue weighted by molar-refractivity contribution is 7.92. The fourth-order valence-corrected chi connectivity index (χ4v) is 4.05. The molecule has 0 aromatic heterocycles. The zero-order valence-electron chi connectivity index (χ0n) is 12.7. The van der Waals surface area contributed by atoms with E-state index in [0.29, 0.717) is 29.1 Å². The summed E-state index contributed by atoms with van der Waals surface area (Å²) in [6.45, 7) is 0. The zero-order valence-corrected chi connectivity index (χ0v) is 14.3. The van der Waals surface area contributed by atoms with E-state index in [2.05, 4.69) is 4.72 Å². The molecule has 0 saturated heterocycles. The Kier molecular flexibility index (Phi) is 4.51.